The third-order valence-electron chi connectivity index (χ3n) is 3.04. The van der Waals surface area contributed by atoms with Gasteiger partial charge < -0.3 is 5.73 Å². The Labute approximate surface area is 110 Å². The van der Waals surface area contributed by atoms with Crippen molar-refractivity contribution in [3.05, 3.63) is 47.0 Å². The normalized spacial score (nSPS) is 11.0. The average molecular weight is 258 g/mol. The van der Waals surface area contributed by atoms with Crippen LogP contribution in [-0.2, 0) is 0 Å². The van der Waals surface area contributed by atoms with Gasteiger partial charge in [-0.3, -0.25) is 5.10 Å². The van der Waals surface area contributed by atoms with Crippen LogP contribution in [0.15, 0.2) is 36.4 Å². The fourth-order valence-corrected chi connectivity index (χ4v) is 2.26. The van der Waals surface area contributed by atoms with E-state index >= 15 is 0 Å². The van der Waals surface area contributed by atoms with Crippen LogP contribution in [0.2, 0.25) is 5.02 Å². The van der Waals surface area contributed by atoms with Crippen LogP contribution in [0.25, 0.3) is 22.2 Å². The summed E-state index contributed by atoms with van der Waals surface area (Å²) < 4.78 is 0. The number of H-pyrrole nitrogens is 1. The third kappa shape index (κ3) is 1.73. The Bertz CT molecular complexity index is 731. The summed E-state index contributed by atoms with van der Waals surface area (Å²) in [6, 6.07) is 11.5. The highest BCUT2D eigenvalue weighted by molar-refractivity contribution is 6.31. The molecule has 0 atom stereocenters. The summed E-state index contributed by atoms with van der Waals surface area (Å²) in [4.78, 5) is 0. The van der Waals surface area contributed by atoms with Gasteiger partial charge in [-0.05, 0) is 42.8 Å². The van der Waals surface area contributed by atoms with E-state index in [1.807, 2.05) is 43.3 Å². The first-order valence-corrected chi connectivity index (χ1v) is 6.03. The second kappa shape index (κ2) is 4.03. The molecule has 2 aromatic carbocycles. The Kier molecular flexibility index (Phi) is 2.49. The molecule has 0 amide bonds. The summed E-state index contributed by atoms with van der Waals surface area (Å²) in [7, 11) is 0. The molecule has 90 valence electrons. The highest BCUT2D eigenvalue weighted by Gasteiger charge is 2.11. The lowest BCUT2D eigenvalue weighted by Gasteiger charge is -2.04. The highest BCUT2D eigenvalue weighted by atomic mass is 35.5. The summed E-state index contributed by atoms with van der Waals surface area (Å²) in [5.74, 6) is 0. The van der Waals surface area contributed by atoms with Crippen molar-refractivity contribution in [3.8, 4) is 11.3 Å². The number of nitrogens with two attached hydrogens (primary N) is 1. The van der Waals surface area contributed by atoms with Crippen molar-refractivity contribution in [3.63, 3.8) is 0 Å². The number of hydrogen-bond acceptors (Lipinski definition) is 2. The number of fused-ring (bicyclic) bond motifs is 1. The standard InChI is InChI=1S/C14H12ClN3/c1-8-2-3-9(15)6-11(8)14-12-7-10(16)4-5-13(12)17-18-14/h2-7H,16H2,1H3,(H,17,18). The SMILES string of the molecule is Cc1ccc(Cl)cc1-c1n[nH]c2ccc(N)cc12. The van der Waals surface area contributed by atoms with Crippen molar-refractivity contribution in [2.24, 2.45) is 0 Å². The number of aromatic amines is 1. The van der Waals surface area contributed by atoms with Gasteiger partial charge in [0, 0.05) is 21.7 Å². The molecule has 0 aliphatic carbocycles. The summed E-state index contributed by atoms with van der Waals surface area (Å²) in [6.07, 6.45) is 0. The smallest absolute Gasteiger partial charge is 0.100 e. The van der Waals surface area contributed by atoms with E-state index in [9.17, 15) is 0 Å². The Balaban J connectivity index is 2.31. The van der Waals surface area contributed by atoms with Crippen molar-refractivity contribution < 1.29 is 0 Å². The molecular formula is C14H12ClN3. The number of nitrogens with one attached hydrogen (secondary N) is 1. The number of rotatable bonds is 1. The number of aromatic nitrogens is 2. The average Bonchev–Trinajstić information content (AvgIpc) is 2.75. The molecule has 1 aromatic heterocycles. The van der Waals surface area contributed by atoms with Crippen LogP contribution in [0, 0.1) is 6.92 Å². The lowest BCUT2D eigenvalue weighted by molar-refractivity contribution is 1.12. The minimum atomic E-state index is 0.704. The molecule has 0 fully saturated rings. The quantitative estimate of drug-likeness (QED) is 0.652. The Morgan fingerprint density at radius 1 is 1.17 bits per heavy atom. The molecule has 18 heavy (non-hydrogen) atoms. The lowest BCUT2D eigenvalue weighted by Crippen LogP contribution is -1.86. The first-order valence-electron chi connectivity index (χ1n) is 5.65. The molecule has 0 spiro atoms. The van der Waals surface area contributed by atoms with Crippen molar-refractivity contribution >= 4 is 28.2 Å². The van der Waals surface area contributed by atoms with E-state index in [1.165, 1.54) is 0 Å². The maximum Gasteiger partial charge on any atom is 0.100 e. The zero-order valence-electron chi connectivity index (χ0n) is 9.87. The largest absolute Gasteiger partial charge is 0.399 e. The zero-order chi connectivity index (χ0) is 12.7. The van der Waals surface area contributed by atoms with Gasteiger partial charge in [-0.2, -0.15) is 5.10 Å². The van der Waals surface area contributed by atoms with E-state index in [4.69, 9.17) is 17.3 Å². The molecule has 0 unspecified atom stereocenters. The zero-order valence-corrected chi connectivity index (χ0v) is 10.6. The Morgan fingerprint density at radius 2 is 2.00 bits per heavy atom. The van der Waals surface area contributed by atoms with Gasteiger partial charge in [0.25, 0.3) is 0 Å². The molecule has 0 saturated heterocycles. The van der Waals surface area contributed by atoms with Crippen LogP contribution in [0.4, 0.5) is 5.69 Å². The summed E-state index contributed by atoms with van der Waals surface area (Å²) >= 11 is 6.05. The molecular weight excluding hydrogens is 246 g/mol. The van der Waals surface area contributed by atoms with Crippen molar-refractivity contribution in [2.45, 2.75) is 6.92 Å². The first-order chi connectivity index (χ1) is 8.65. The van der Waals surface area contributed by atoms with Gasteiger partial charge in [-0.1, -0.05) is 17.7 Å². The molecule has 0 saturated carbocycles. The van der Waals surface area contributed by atoms with Gasteiger partial charge >= 0.3 is 0 Å². The van der Waals surface area contributed by atoms with E-state index in [1.54, 1.807) is 0 Å². The summed E-state index contributed by atoms with van der Waals surface area (Å²) in [6.45, 7) is 2.04. The minimum Gasteiger partial charge on any atom is -0.399 e. The molecule has 4 heteroatoms. The molecule has 0 radical (unpaired) electrons. The first kappa shape index (κ1) is 11.1. The van der Waals surface area contributed by atoms with E-state index in [0.29, 0.717) is 5.02 Å². The van der Waals surface area contributed by atoms with Crippen LogP contribution >= 0.6 is 11.6 Å². The predicted octanol–water partition coefficient (Wildman–Crippen LogP) is 3.77. The highest BCUT2D eigenvalue weighted by Crippen LogP contribution is 2.31. The van der Waals surface area contributed by atoms with Gasteiger partial charge in [-0.25, -0.2) is 0 Å². The second-order valence-corrected chi connectivity index (χ2v) is 4.77. The van der Waals surface area contributed by atoms with Gasteiger partial charge in [0.15, 0.2) is 0 Å². The molecule has 3 N–H and O–H groups in total. The fourth-order valence-electron chi connectivity index (χ4n) is 2.09. The monoisotopic (exact) mass is 257 g/mol. The molecule has 0 bridgehead atoms. The van der Waals surface area contributed by atoms with Crippen LogP contribution in [0.1, 0.15) is 5.56 Å². The number of benzene rings is 2. The molecule has 0 aliphatic rings. The molecule has 3 nitrogen and oxygen atoms in total. The van der Waals surface area contributed by atoms with E-state index < -0.39 is 0 Å². The van der Waals surface area contributed by atoms with Gasteiger partial charge in [0.05, 0.1) is 5.52 Å². The number of nitrogens with zero attached hydrogens (tertiary/aromatic N) is 1. The Hall–Kier alpha value is -2.00. The van der Waals surface area contributed by atoms with E-state index in [2.05, 4.69) is 10.2 Å². The minimum absolute atomic E-state index is 0.704. The molecule has 3 aromatic rings. The van der Waals surface area contributed by atoms with Crippen LogP contribution in [0.5, 0.6) is 0 Å². The van der Waals surface area contributed by atoms with Crippen LogP contribution < -0.4 is 5.73 Å². The van der Waals surface area contributed by atoms with Crippen LogP contribution in [-0.4, -0.2) is 10.2 Å². The third-order valence-corrected chi connectivity index (χ3v) is 3.28. The number of aryl methyl sites for hydroxylation is 1. The molecule has 0 aliphatic heterocycles. The molecule has 1 heterocycles. The van der Waals surface area contributed by atoms with E-state index in [0.717, 1.165) is 33.4 Å². The van der Waals surface area contributed by atoms with Crippen molar-refractivity contribution in [1.29, 1.82) is 0 Å². The van der Waals surface area contributed by atoms with Crippen molar-refractivity contribution in [2.75, 3.05) is 5.73 Å². The van der Waals surface area contributed by atoms with Crippen LogP contribution in [0.3, 0.4) is 0 Å². The summed E-state index contributed by atoms with van der Waals surface area (Å²) in [5, 5.41) is 9.10. The predicted molar refractivity (Wildman–Crippen MR) is 75.7 cm³/mol. The van der Waals surface area contributed by atoms with E-state index in [-0.39, 0.29) is 0 Å². The van der Waals surface area contributed by atoms with Gasteiger partial charge in [0.1, 0.15) is 5.69 Å². The van der Waals surface area contributed by atoms with Gasteiger partial charge in [0.2, 0.25) is 0 Å². The maximum atomic E-state index is 6.05. The number of anilines is 1. The maximum absolute atomic E-state index is 6.05. The Morgan fingerprint density at radius 3 is 2.83 bits per heavy atom. The number of halogens is 1. The fraction of sp³-hybridized carbons (Fsp3) is 0.0714. The number of hydrogen-bond donors (Lipinski definition) is 2. The summed E-state index contributed by atoms with van der Waals surface area (Å²) in [5.41, 5.74) is 10.6. The van der Waals surface area contributed by atoms with Crippen molar-refractivity contribution in [1.82, 2.24) is 10.2 Å². The second-order valence-electron chi connectivity index (χ2n) is 4.34. The lowest BCUT2D eigenvalue weighted by atomic mass is 10.0. The molecule has 3 rings (SSSR count). The topological polar surface area (TPSA) is 54.7 Å². The van der Waals surface area contributed by atoms with Gasteiger partial charge in [-0.15, -0.1) is 0 Å². The number of nitrogen functional groups attached to an aromatic ring is 1.